The number of piperazine rings is 1. The minimum absolute atomic E-state index is 0.214. The van der Waals surface area contributed by atoms with Crippen molar-refractivity contribution in [1.82, 2.24) is 19.6 Å². The summed E-state index contributed by atoms with van der Waals surface area (Å²) in [4.78, 5) is 13.2. The van der Waals surface area contributed by atoms with Crippen LogP contribution in [-0.4, -0.2) is 66.2 Å². The van der Waals surface area contributed by atoms with E-state index in [0.717, 1.165) is 43.6 Å². The molecule has 7 nitrogen and oxygen atoms in total. The molecule has 0 aliphatic carbocycles. The number of aromatic nitrogens is 2. The van der Waals surface area contributed by atoms with Crippen LogP contribution in [0.1, 0.15) is 18.3 Å². The van der Waals surface area contributed by atoms with Gasteiger partial charge in [0.25, 0.3) is 0 Å². The van der Waals surface area contributed by atoms with Gasteiger partial charge in [-0.3, -0.25) is 4.99 Å². The number of aliphatic imine (C=N–C) groups is 1. The fourth-order valence-corrected chi connectivity index (χ4v) is 3.88. The monoisotopic (exact) mass is 442 g/mol. The summed E-state index contributed by atoms with van der Waals surface area (Å²) in [5.41, 5.74) is 0.641. The Morgan fingerprint density at radius 3 is 2.60 bits per heavy atom. The van der Waals surface area contributed by atoms with Crippen LogP contribution in [-0.2, 0) is 13.0 Å². The number of ether oxygens (including phenoxy) is 1. The first-order chi connectivity index (χ1) is 14.4. The molecule has 2 aromatic rings. The Morgan fingerprint density at radius 2 is 1.97 bits per heavy atom. The molecule has 3 rings (SSSR count). The number of guanidine groups is 1. The van der Waals surface area contributed by atoms with Gasteiger partial charge in [0.2, 0.25) is 5.13 Å². The minimum Gasteiger partial charge on any atom is -0.484 e. The van der Waals surface area contributed by atoms with Crippen molar-refractivity contribution in [2.24, 2.45) is 4.99 Å². The van der Waals surface area contributed by atoms with Crippen molar-refractivity contribution in [3.63, 3.8) is 0 Å². The van der Waals surface area contributed by atoms with Crippen LogP contribution in [0, 0.1) is 0 Å². The Labute approximate surface area is 177 Å². The molecule has 11 heteroatoms. The van der Waals surface area contributed by atoms with E-state index in [0.29, 0.717) is 18.1 Å². The van der Waals surface area contributed by atoms with E-state index < -0.39 is 12.8 Å². The molecule has 0 radical (unpaired) electrons. The Kier molecular flexibility index (Phi) is 7.35. The second kappa shape index (κ2) is 9.96. The summed E-state index contributed by atoms with van der Waals surface area (Å²) in [6.07, 6.45) is -3.55. The Bertz CT molecular complexity index is 849. The number of hydrogen-bond acceptors (Lipinski definition) is 6. The maximum Gasteiger partial charge on any atom is 0.422 e. The molecule has 0 amide bonds. The molecule has 164 valence electrons. The third-order valence-corrected chi connectivity index (χ3v) is 5.45. The van der Waals surface area contributed by atoms with Crippen LogP contribution in [0.3, 0.4) is 0 Å². The molecule has 1 aromatic carbocycles. The number of aryl methyl sites for hydroxylation is 1. The zero-order valence-corrected chi connectivity index (χ0v) is 17.8. The third-order valence-electron chi connectivity index (χ3n) is 4.64. The molecular formula is C19H25F3N6OS. The van der Waals surface area contributed by atoms with Crippen LogP contribution in [0.15, 0.2) is 29.3 Å². The summed E-state index contributed by atoms with van der Waals surface area (Å²) in [5.74, 6) is 1.78. The predicted octanol–water partition coefficient (Wildman–Crippen LogP) is 2.94. The van der Waals surface area contributed by atoms with Crippen LogP contribution in [0.5, 0.6) is 5.75 Å². The van der Waals surface area contributed by atoms with E-state index >= 15 is 0 Å². The van der Waals surface area contributed by atoms with E-state index in [2.05, 4.69) is 29.5 Å². The first kappa shape index (κ1) is 22.1. The molecule has 2 heterocycles. The number of nitrogens with one attached hydrogen (secondary N) is 1. The molecule has 0 saturated carbocycles. The standard InChI is InChI=1S/C19H25F3N6OS/c1-3-16-25-18(30-26-16)28-10-8-27(9-11-28)17(23-2)24-12-14-6-4-5-7-15(14)29-13-19(20,21)22/h4-7H,3,8-13H2,1-2H3,(H,23,24). The molecule has 30 heavy (non-hydrogen) atoms. The SMILES string of the molecule is CCc1nsc(N2CCN(C(=NC)NCc3ccccc3OCC(F)(F)F)CC2)n1. The van der Waals surface area contributed by atoms with Gasteiger partial charge in [0.1, 0.15) is 11.6 Å². The van der Waals surface area contributed by atoms with Crippen LogP contribution < -0.4 is 15.0 Å². The van der Waals surface area contributed by atoms with Crippen molar-refractivity contribution < 1.29 is 17.9 Å². The number of halogens is 3. The fourth-order valence-electron chi connectivity index (χ4n) is 3.08. The molecule has 1 aromatic heterocycles. The lowest BCUT2D eigenvalue weighted by molar-refractivity contribution is -0.153. The molecular weight excluding hydrogens is 417 g/mol. The molecule has 0 spiro atoms. The summed E-state index contributed by atoms with van der Waals surface area (Å²) >= 11 is 1.42. The van der Waals surface area contributed by atoms with Crippen LogP contribution in [0.25, 0.3) is 0 Å². The summed E-state index contributed by atoms with van der Waals surface area (Å²) in [5, 5.41) is 4.17. The Hall–Kier alpha value is -2.56. The van der Waals surface area contributed by atoms with Gasteiger partial charge in [0.15, 0.2) is 12.6 Å². The molecule has 1 aliphatic rings. The number of benzene rings is 1. The highest BCUT2D eigenvalue weighted by Crippen LogP contribution is 2.22. The predicted molar refractivity (Wildman–Crippen MR) is 111 cm³/mol. The Balaban J connectivity index is 1.54. The van der Waals surface area contributed by atoms with E-state index in [1.165, 1.54) is 17.6 Å². The maximum absolute atomic E-state index is 12.5. The first-order valence-electron chi connectivity index (χ1n) is 9.70. The van der Waals surface area contributed by atoms with Gasteiger partial charge in [-0.05, 0) is 6.07 Å². The highest BCUT2D eigenvalue weighted by Gasteiger charge is 2.29. The van der Waals surface area contributed by atoms with Gasteiger partial charge in [0, 0.05) is 63.3 Å². The van der Waals surface area contributed by atoms with E-state index in [1.54, 1.807) is 25.2 Å². The molecule has 0 bridgehead atoms. The molecule has 1 N–H and O–H groups in total. The molecule has 0 atom stereocenters. The summed E-state index contributed by atoms with van der Waals surface area (Å²) in [6, 6.07) is 6.70. The second-order valence-corrected chi connectivity index (χ2v) is 7.46. The van der Waals surface area contributed by atoms with Crippen LogP contribution in [0.4, 0.5) is 18.3 Å². The number of para-hydroxylation sites is 1. The van der Waals surface area contributed by atoms with Gasteiger partial charge in [-0.1, -0.05) is 25.1 Å². The molecule has 0 unspecified atom stereocenters. The number of anilines is 1. The van der Waals surface area contributed by atoms with Crippen LogP contribution in [0.2, 0.25) is 0 Å². The summed E-state index contributed by atoms with van der Waals surface area (Å²) in [7, 11) is 1.69. The quantitative estimate of drug-likeness (QED) is 0.548. The van der Waals surface area contributed by atoms with Gasteiger partial charge in [0.05, 0.1) is 0 Å². The largest absolute Gasteiger partial charge is 0.484 e. The van der Waals surface area contributed by atoms with E-state index in [-0.39, 0.29) is 5.75 Å². The van der Waals surface area contributed by atoms with Crippen LogP contribution >= 0.6 is 11.5 Å². The van der Waals surface area contributed by atoms with Gasteiger partial charge in [-0.2, -0.15) is 17.5 Å². The van der Waals surface area contributed by atoms with Gasteiger partial charge in [-0.15, -0.1) is 0 Å². The smallest absolute Gasteiger partial charge is 0.422 e. The molecule has 1 aliphatic heterocycles. The maximum atomic E-state index is 12.5. The number of nitrogens with zero attached hydrogens (tertiary/aromatic N) is 5. The third kappa shape index (κ3) is 5.97. The number of rotatable bonds is 6. The normalized spacial score (nSPS) is 15.4. The number of alkyl halides is 3. The molecule has 1 fully saturated rings. The lowest BCUT2D eigenvalue weighted by Crippen LogP contribution is -2.52. The highest BCUT2D eigenvalue weighted by molar-refractivity contribution is 7.09. The van der Waals surface area contributed by atoms with E-state index in [9.17, 15) is 13.2 Å². The summed E-state index contributed by atoms with van der Waals surface area (Å²) < 4.78 is 46.7. The second-order valence-electron chi connectivity index (χ2n) is 6.73. The fraction of sp³-hybridized carbons (Fsp3) is 0.526. The molecule has 1 saturated heterocycles. The van der Waals surface area contributed by atoms with Crippen molar-refractivity contribution in [3.8, 4) is 5.75 Å². The van der Waals surface area contributed by atoms with Crippen molar-refractivity contribution in [1.29, 1.82) is 0 Å². The van der Waals surface area contributed by atoms with E-state index in [1.807, 2.05) is 6.92 Å². The Morgan fingerprint density at radius 1 is 1.23 bits per heavy atom. The first-order valence-corrected chi connectivity index (χ1v) is 10.5. The topological polar surface area (TPSA) is 65.9 Å². The lowest BCUT2D eigenvalue weighted by Gasteiger charge is -2.36. The minimum atomic E-state index is -4.37. The van der Waals surface area contributed by atoms with Crippen molar-refractivity contribution >= 4 is 22.6 Å². The zero-order valence-electron chi connectivity index (χ0n) is 16.9. The average Bonchev–Trinajstić information content (AvgIpc) is 3.22. The average molecular weight is 443 g/mol. The lowest BCUT2D eigenvalue weighted by atomic mass is 10.2. The number of hydrogen-bond donors (Lipinski definition) is 1. The van der Waals surface area contributed by atoms with Crippen molar-refractivity contribution in [3.05, 3.63) is 35.7 Å². The summed E-state index contributed by atoms with van der Waals surface area (Å²) in [6.45, 7) is 4.14. The zero-order chi connectivity index (χ0) is 21.6. The van der Waals surface area contributed by atoms with E-state index in [4.69, 9.17) is 4.74 Å². The van der Waals surface area contributed by atoms with Gasteiger partial charge >= 0.3 is 6.18 Å². The van der Waals surface area contributed by atoms with Gasteiger partial charge < -0.3 is 19.9 Å². The van der Waals surface area contributed by atoms with Gasteiger partial charge in [-0.25, -0.2) is 4.98 Å². The van der Waals surface area contributed by atoms with Crippen molar-refractivity contribution in [2.75, 3.05) is 44.7 Å². The van der Waals surface area contributed by atoms with Crippen molar-refractivity contribution in [2.45, 2.75) is 26.1 Å². The highest BCUT2D eigenvalue weighted by atomic mass is 32.1.